The van der Waals surface area contributed by atoms with Crippen molar-refractivity contribution in [3.63, 3.8) is 0 Å². The van der Waals surface area contributed by atoms with Crippen LogP contribution in [0.5, 0.6) is 0 Å². The Labute approximate surface area is 79.5 Å². The van der Waals surface area contributed by atoms with E-state index in [1.807, 2.05) is 0 Å². The van der Waals surface area contributed by atoms with Crippen LogP contribution in [-0.2, 0) is 11.8 Å². The van der Waals surface area contributed by atoms with Crippen molar-refractivity contribution in [3.05, 3.63) is 35.1 Å². The standard InChI is InChI=1S/C9H8B2FN/c10-9(11)8-2-1-7(12)5-6(8)3-4-13-9/h1-2,5,13H,3-4H2. The topological polar surface area (TPSA) is 12.0 Å². The highest BCUT2D eigenvalue weighted by molar-refractivity contribution is 6.39. The van der Waals surface area contributed by atoms with E-state index >= 15 is 0 Å². The van der Waals surface area contributed by atoms with Gasteiger partial charge in [-0.1, -0.05) is 6.07 Å². The van der Waals surface area contributed by atoms with Crippen molar-refractivity contribution in [3.8, 4) is 0 Å². The molecule has 1 aliphatic heterocycles. The predicted molar refractivity (Wildman–Crippen MR) is 51.3 cm³/mol. The van der Waals surface area contributed by atoms with Gasteiger partial charge in [0.1, 0.15) is 5.82 Å². The van der Waals surface area contributed by atoms with Gasteiger partial charge in [0.25, 0.3) is 0 Å². The lowest BCUT2D eigenvalue weighted by Crippen LogP contribution is -2.48. The molecule has 0 spiro atoms. The number of rotatable bonds is 0. The second-order valence-electron chi connectivity index (χ2n) is 3.35. The summed E-state index contributed by atoms with van der Waals surface area (Å²) in [7, 11) is 11.6. The number of benzene rings is 1. The normalized spacial score (nSPS) is 19.5. The first-order valence-corrected chi connectivity index (χ1v) is 4.21. The third-order valence-electron chi connectivity index (χ3n) is 2.32. The van der Waals surface area contributed by atoms with Crippen molar-refractivity contribution in [2.75, 3.05) is 6.54 Å². The van der Waals surface area contributed by atoms with E-state index < -0.39 is 5.34 Å². The van der Waals surface area contributed by atoms with Gasteiger partial charge in [0.05, 0.1) is 15.7 Å². The molecule has 13 heavy (non-hydrogen) atoms. The van der Waals surface area contributed by atoms with Crippen LogP contribution in [0.25, 0.3) is 0 Å². The molecule has 0 aromatic heterocycles. The molecule has 1 heterocycles. The molecular formula is C9H8B2FN. The first-order valence-electron chi connectivity index (χ1n) is 4.21. The van der Waals surface area contributed by atoms with E-state index in [0.717, 1.165) is 17.5 Å². The van der Waals surface area contributed by atoms with Crippen LogP contribution in [0, 0.1) is 5.82 Å². The fraction of sp³-hybridized carbons (Fsp3) is 0.333. The van der Waals surface area contributed by atoms with E-state index in [0.29, 0.717) is 6.54 Å². The molecule has 1 aromatic carbocycles. The zero-order valence-corrected chi connectivity index (χ0v) is 7.18. The third kappa shape index (κ3) is 1.51. The lowest BCUT2D eigenvalue weighted by atomic mass is 9.56. The quantitative estimate of drug-likeness (QED) is 0.557. The largest absolute Gasteiger partial charge is 0.324 e. The van der Waals surface area contributed by atoms with Crippen LogP contribution in [0.1, 0.15) is 11.1 Å². The second-order valence-corrected chi connectivity index (χ2v) is 3.35. The molecule has 1 aliphatic rings. The molecule has 0 saturated heterocycles. The zero-order valence-electron chi connectivity index (χ0n) is 7.18. The fourth-order valence-electron chi connectivity index (χ4n) is 1.67. The molecule has 62 valence electrons. The van der Waals surface area contributed by atoms with Crippen molar-refractivity contribution >= 4 is 15.7 Å². The molecule has 0 bridgehead atoms. The fourth-order valence-corrected chi connectivity index (χ4v) is 1.67. The van der Waals surface area contributed by atoms with Crippen molar-refractivity contribution in [1.82, 2.24) is 5.32 Å². The summed E-state index contributed by atoms with van der Waals surface area (Å²) >= 11 is 0. The molecule has 0 saturated carbocycles. The minimum absolute atomic E-state index is 0.239. The molecule has 4 radical (unpaired) electrons. The Balaban J connectivity index is 2.53. The molecule has 1 N–H and O–H groups in total. The van der Waals surface area contributed by atoms with Gasteiger partial charge in [-0.2, -0.15) is 0 Å². The molecule has 1 aromatic rings. The maximum absolute atomic E-state index is 12.8. The summed E-state index contributed by atoms with van der Waals surface area (Å²) in [6, 6.07) is 4.50. The Morgan fingerprint density at radius 2 is 2.15 bits per heavy atom. The number of hydrogen-bond acceptors (Lipinski definition) is 1. The van der Waals surface area contributed by atoms with E-state index in [9.17, 15) is 4.39 Å². The molecule has 0 aliphatic carbocycles. The van der Waals surface area contributed by atoms with E-state index in [4.69, 9.17) is 15.7 Å². The summed E-state index contributed by atoms with van der Waals surface area (Å²) in [6.45, 7) is 0.684. The van der Waals surface area contributed by atoms with Gasteiger partial charge in [0, 0.05) is 0 Å². The Hall–Kier alpha value is -0.760. The number of hydrogen-bond donors (Lipinski definition) is 1. The maximum Gasteiger partial charge on any atom is 0.123 e. The van der Waals surface area contributed by atoms with Crippen LogP contribution in [0.4, 0.5) is 4.39 Å². The lowest BCUT2D eigenvalue weighted by molar-refractivity contribution is 0.563. The Morgan fingerprint density at radius 3 is 2.92 bits per heavy atom. The average molecular weight is 171 g/mol. The van der Waals surface area contributed by atoms with Crippen molar-refractivity contribution in [1.29, 1.82) is 0 Å². The van der Waals surface area contributed by atoms with Gasteiger partial charge in [0.2, 0.25) is 0 Å². The highest BCUT2D eigenvalue weighted by atomic mass is 19.1. The molecule has 4 heteroatoms. The van der Waals surface area contributed by atoms with Crippen molar-refractivity contribution in [2.24, 2.45) is 0 Å². The first-order chi connectivity index (χ1) is 6.09. The van der Waals surface area contributed by atoms with Crippen LogP contribution >= 0.6 is 0 Å². The average Bonchev–Trinajstić information content (AvgIpc) is 2.02. The van der Waals surface area contributed by atoms with Crippen LogP contribution in [-0.4, -0.2) is 22.2 Å². The van der Waals surface area contributed by atoms with Gasteiger partial charge >= 0.3 is 0 Å². The minimum Gasteiger partial charge on any atom is -0.324 e. The molecule has 0 fully saturated rings. The number of fused-ring (bicyclic) bond motifs is 1. The third-order valence-corrected chi connectivity index (χ3v) is 2.32. The second kappa shape index (κ2) is 2.88. The smallest absolute Gasteiger partial charge is 0.123 e. The summed E-state index contributed by atoms with van der Waals surface area (Å²) in [4.78, 5) is 0. The Kier molecular flexibility index (Phi) is 1.95. The van der Waals surface area contributed by atoms with Gasteiger partial charge < -0.3 is 5.32 Å². The summed E-state index contributed by atoms with van der Waals surface area (Å²) in [5.74, 6) is -0.239. The predicted octanol–water partition coefficient (Wildman–Crippen LogP) is 0.419. The van der Waals surface area contributed by atoms with Gasteiger partial charge in [-0.25, -0.2) is 4.39 Å². The Morgan fingerprint density at radius 1 is 1.38 bits per heavy atom. The van der Waals surface area contributed by atoms with E-state index in [1.54, 1.807) is 6.07 Å². The maximum atomic E-state index is 12.8. The summed E-state index contributed by atoms with van der Waals surface area (Å²) in [5, 5.41) is 1.95. The van der Waals surface area contributed by atoms with E-state index in [1.165, 1.54) is 12.1 Å². The summed E-state index contributed by atoms with van der Waals surface area (Å²) < 4.78 is 12.8. The Bertz CT molecular complexity index is 338. The molecule has 2 rings (SSSR count). The summed E-state index contributed by atoms with van der Waals surface area (Å²) in [6.07, 6.45) is 0.767. The molecular weight excluding hydrogens is 163 g/mol. The van der Waals surface area contributed by atoms with Gasteiger partial charge in [0.15, 0.2) is 0 Å². The lowest BCUT2D eigenvalue weighted by Gasteiger charge is -2.35. The van der Waals surface area contributed by atoms with Crippen LogP contribution in [0.2, 0.25) is 0 Å². The zero-order chi connectivity index (χ0) is 9.47. The van der Waals surface area contributed by atoms with Crippen LogP contribution in [0.15, 0.2) is 18.2 Å². The van der Waals surface area contributed by atoms with Crippen LogP contribution < -0.4 is 5.32 Å². The van der Waals surface area contributed by atoms with Crippen LogP contribution in [0.3, 0.4) is 0 Å². The molecule has 1 nitrogen and oxygen atoms in total. The summed E-state index contributed by atoms with van der Waals surface area (Å²) in [5.41, 5.74) is 1.67. The molecule has 0 amide bonds. The first kappa shape index (κ1) is 8.82. The highest BCUT2D eigenvalue weighted by Crippen LogP contribution is 2.23. The van der Waals surface area contributed by atoms with Crippen molar-refractivity contribution < 1.29 is 4.39 Å². The van der Waals surface area contributed by atoms with Gasteiger partial charge in [-0.05, 0) is 41.6 Å². The monoisotopic (exact) mass is 171 g/mol. The molecule has 0 atom stereocenters. The SMILES string of the molecule is [B]C1([B])NCCc2cc(F)ccc21. The van der Waals surface area contributed by atoms with E-state index in [2.05, 4.69) is 5.32 Å². The number of nitrogens with one attached hydrogen (secondary N) is 1. The van der Waals surface area contributed by atoms with Gasteiger partial charge in [-0.3, -0.25) is 0 Å². The van der Waals surface area contributed by atoms with E-state index in [-0.39, 0.29) is 5.82 Å². The highest BCUT2D eigenvalue weighted by Gasteiger charge is 2.25. The molecule has 0 unspecified atom stereocenters. The number of halogens is 1. The van der Waals surface area contributed by atoms with Crippen molar-refractivity contribution in [2.45, 2.75) is 11.8 Å². The minimum atomic E-state index is -1.01. The van der Waals surface area contributed by atoms with Gasteiger partial charge in [-0.15, -0.1) is 0 Å².